The van der Waals surface area contributed by atoms with E-state index in [9.17, 15) is 4.79 Å². The van der Waals surface area contributed by atoms with Crippen LogP contribution in [0.2, 0.25) is 5.02 Å². The van der Waals surface area contributed by atoms with Gasteiger partial charge >= 0.3 is 5.97 Å². The third kappa shape index (κ3) is 3.58. The number of hydrogen-bond donors (Lipinski definition) is 1. The highest BCUT2D eigenvalue weighted by Gasteiger charge is 2.06. The molecule has 0 aromatic heterocycles. The molecular weight excluding hydrogens is 228 g/mol. The molecular formula is C12H11ClO3. The number of terminal acetylenes is 1. The van der Waals surface area contributed by atoms with E-state index in [4.69, 9.17) is 27.9 Å². The summed E-state index contributed by atoms with van der Waals surface area (Å²) in [6, 6.07) is 4.54. The number of aromatic carboxylic acids is 1. The van der Waals surface area contributed by atoms with Gasteiger partial charge in [-0.2, -0.15) is 0 Å². The van der Waals surface area contributed by atoms with E-state index in [2.05, 4.69) is 5.92 Å². The van der Waals surface area contributed by atoms with Crippen LogP contribution in [0.5, 0.6) is 0 Å². The standard InChI is InChI=1S/C12H11ClO3/c1-2-3-6-16-8-10-5-4-9(12(14)15)7-11(10)13/h1,4-5,7H,3,6,8H2,(H,14,15). The van der Waals surface area contributed by atoms with E-state index in [0.717, 1.165) is 5.56 Å². The maximum Gasteiger partial charge on any atom is 0.335 e. The zero-order chi connectivity index (χ0) is 12.0. The summed E-state index contributed by atoms with van der Waals surface area (Å²) in [5.41, 5.74) is 0.918. The van der Waals surface area contributed by atoms with Crippen molar-refractivity contribution in [1.82, 2.24) is 0 Å². The van der Waals surface area contributed by atoms with E-state index in [-0.39, 0.29) is 5.56 Å². The first-order chi connectivity index (χ1) is 7.65. The first kappa shape index (κ1) is 12.6. The second-order valence-electron chi connectivity index (χ2n) is 3.12. The fourth-order valence-corrected chi connectivity index (χ4v) is 1.35. The van der Waals surface area contributed by atoms with Crippen LogP contribution in [0.3, 0.4) is 0 Å². The second-order valence-corrected chi connectivity index (χ2v) is 3.53. The van der Waals surface area contributed by atoms with Crippen LogP contribution in [-0.4, -0.2) is 17.7 Å². The Morgan fingerprint density at radius 2 is 2.31 bits per heavy atom. The van der Waals surface area contributed by atoms with Gasteiger partial charge in [-0.25, -0.2) is 4.79 Å². The molecule has 1 rings (SSSR count). The molecule has 0 radical (unpaired) electrons. The van der Waals surface area contributed by atoms with Crippen molar-refractivity contribution in [3.63, 3.8) is 0 Å². The molecule has 1 aromatic rings. The minimum absolute atomic E-state index is 0.164. The van der Waals surface area contributed by atoms with Gasteiger partial charge in [-0.1, -0.05) is 17.7 Å². The van der Waals surface area contributed by atoms with E-state index in [1.54, 1.807) is 6.07 Å². The van der Waals surface area contributed by atoms with Crippen molar-refractivity contribution in [3.05, 3.63) is 34.3 Å². The Bertz CT molecular complexity index is 421. The van der Waals surface area contributed by atoms with Crippen LogP contribution in [0.25, 0.3) is 0 Å². The molecule has 1 N–H and O–H groups in total. The van der Waals surface area contributed by atoms with Crippen molar-refractivity contribution in [2.24, 2.45) is 0 Å². The molecule has 84 valence electrons. The maximum atomic E-state index is 10.7. The topological polar surface area (TPSA) is 46.5 Å². The molecule has 0 aliphatic rings. The average Bonchev–Trinajstić information content (AvgIpc) is 2.26. The molecule has 0 fully saturated rings. The molecule has 0 saturated carbocycles. The van der Waals surface area contributed by atoms with Crippen molar-refractivity contribution >= 4 is 17.6 Å². The molecule has 0 amide bonds. The van der Waals surface area contributed by atoms with Gasteiger partial charge < -0.3 is 9.84 Å². The maximum absolute atomic E-state index is 10.7. The Morgan fingerprint density at radius 1 is 1.56 bits per heavy atom. The SMILES string of the molecule is C#CCCOCc1ccc(C(=O)O)cc1Cl. The summed E-state index contributed by atoms with van der Waals surface area (Å²) in [6.07, 6.45) is 5.62. The molecule has 3 nitrogen and oxygen atoms in total. The molecule has 0 saturated heterocycles. The zero-order valence-corrected chi connectivity index (χ0v) is 9.33. The van der Waals surface area contributed by atoms with Crippen LogP contribution in [0.4, 0.5) is 0 Å². The fourth-order valence-electron chi connectivity index (χ4n) is 1.11. The average molecular weight is 239 g/mol. The summed E-state index contributed by atoms with van der Waals surface area (Å²) in [6.45, 7) is 0.800. The summed E-state index contributed by atoms with van der Waals surface area (Å²) in [7, 11) is 0. The first-order valence-corrected chi connectivity index (χ1v) is 5.06. The summed E-state index contributed by atoms with van der Waals surface area (Å²) in [5, 5.41) is 9.12. The highest BCUT2D eigenvalue weighted by molar-refractivity contribution is 6.31. The van der Waals surface area contributed by atoms with Gasteiger partial charge in [-0.05, 0) is 17.7 Å². The number of carboxylic acid groups (broad SMARTS) is 1. The summed E-state index contributed by atoms with van der Waals surface area (Å²) >= 11 is 5.90. The van der Waals surface area contributed by atoms with Crippen LogP contribution >= 0.6 is 11.6 Å². The lowest BCUT2D eigenvalue weighted by atomic mass is 10.1. The van der Waals surface area contributed by atoms with Crippen LogP contribution in [-0.2, 0) is 11.3 Å². The number of hydrogen-bond acceptors (Lipinski definition) is 2. The Labute approximate surface area is 99.0 Å². The summed E-state index contributed by atoms with van der Waals surface area (Å²) in [5.74, 6) is 1.46. The van der Waals surface area contributed by atoms with Gasteiger partial charge in [0.25, 0.3) is 0 Å². The molecule has 0 bridgehead atoms. The Balaban J connectivity index is 2.62. The Hall–Kier alpha value is -1.50. The van der Waals surface area contributed by atoms with Crippen molar-refractivity contribution < 1.29 is 14.6 Å². The number of carboxylic acids is 1. The lowest BCUT2D eigenvalue weighted by Crippen LogP contribution is -1.99. The van der Waals surface area contributed by atoms with Gasteiger partial charge in [0.2, 0.25) is 0 Å². The molecule has 1 aromatic carbocycles. The smallest absolute Gasteiger partial charge is 0.335 e. The molecule has 0 spiro atoms. The van der Waals surface area contributed by atoms with E-state index in [0.29, 0.717) is 24.7 Å². The molecule has 0 aliphatic heterocycles. The van der Waals surface area contributed by atoms with Crippen molar-refractivity contribution in [2.75, 3.05) is 6.61 Å². The Morgan fingerprint density at radius 3 is 2.88 bits per heavy atom. The predicted molar refractivity (Wildman–Crippen MR) is 61.5 cm³/mol. The van der Waals surface area contributed by atoms with Crippen LogP contribution in [0.15, 0.2) is 18.2 Å². The summed E-state index contributed by atoms with van der Waals surface area (Å²) < 4.78 is 5.27. The van der Waals surface area contributed by atoms with Crippen molar-refractivity contribution in [3.8, 4) is 12.3 Å². The quantitative estimate of drug-likeness (QED) is 0.634. The van der Waals surface area contributed by atoms with Crippen LogP contribution in [0, 0.1) is 12.3 Å². The largest absolute Gasteiger partial charge is 0.478 e. The van der Waals surface area contributed by atoms with Gasteiger partial charge in [0.15, 0.2) is 0 Å². The normalized spacial score (nSPS) is 9.75. The van der Waals surface area contributed by atoms with E-state index in [1.807, 2.05) is 0 Å². The molecule has 0 unspecified atom stereocenters. The monoisotopic (exact) mass is 238 g/mol. The molecule has 0 aliphatic carbocycles. The van der Waals surface area contributed by atoms with Gasteiger partial charge in [-0.3, -0.25) is 0 Å². The molecule has 4 heteroatoms. The zero-order valence-electron chi connectivity index (χ0n) is 8.57. The molecule has 0 atom stereocenters. The number of carbonyl (C=O) groups is 1. The van der Waals surface area contributed by atoms with Gasteiger partial charge in [0.05, 0.1) is 18.8 Å². The predicted octanol–water partition coefficient (Wildman–Crippen LogP) is 2.58. The third-order valence-electron chi connectivity index (χ3n) is 1.95. The minimum atomic E-state index is -0.998. The lowest BCUT2D eigenvalue weighted by molar-refractivity contribution is 0.0696. The molecule has 0 heterocycles. The lowest BCUT2D eigenvalue weighted by Gasteiger charge is -2.05. The van der Waals surface area contributed by atoms with Crippen molar-refractivity contribution in [1.29, 1.82) is 0 Å². The fraction of sp³-hybridized carbons (Fsp3) is 0.250. The van der Waals surface area contributed by atoms with Crippen molar-refractivity contribution in [2.45, 2.75) is 13.0 Å². The van der Waals surface area contributed by atoms with Crippen LogP contribution < -0.4 is 0 Å². The first-order valence-electron chi connectivity index (χ1n) is 4.68. The number of rotatable bonds is 5. The number of ether oxygens (including phenoxy) is 1. The summed E-state index contributed by atoms with van der Waals surface area (Å²) in [4.78, 5) is 10.7. The number of benzene rings is 1. The minimum Gasteiger partial charge on any atom is -0.478 e. The van der Waals surface area contributed by atoms with Gasteiger partial charge in [-0.15, -0.1) is 12.3 Å². The molecule has 16 heavy (non-hydrogen) atoms. The van der Waals surface area contributed by atoms with E-state index >= 15 is 0 Å². The van der Waals surface area contributed by atoms with E-state index < -0.39 is 5.97 Å². The third-order valence-corrected chi connectivity index (χ3v) is 2.30. The van der Waals surface area contributed by atoms with Gasteiger partial charge in [0.1, 0.15) is 0 Å². The second kappa shape index (κ2) is 6.16. The highest BCUT2D eigenvalue weighted by atomic mass is 35.5. The number of halogens is 1. The highest BCUT2D eigenvalue weighted by Crippen LogP contribution is 2.18. The Kier molecular flexibility index (Phi) is 4.84. The van der Waals surface area contributed by atoms with Gasteiger partial charge in [0, 0.05) is 11.4 Å². The van der Waals surface area contributed by atoms with Crippen LogP contribution in [0.1, 0.15) is 22.3 Å². The van der Waals surface area contributed by atoms with E-state index in [1.165, 1.54) is 12.1 Å².